The molecule has 4 nitrogen and oxygen atoms in total. The molecule has 0 saturated carbocycles. The van der Waals surface area contributed by atoms with Gasteiger partial charge in [0, 0.05) is 12.4 Å². The van der Waals surface area contributed by atoms with Gasteiger partial charge in [0.15, 0.2) is 0 Å². The molecule has 0 saturated heterocycles. The van der Waals surface area contributed by atoms with Crippen molar-refractivity contribution in [1.29, 1.82) is 0 Å². The Labute approximate surface area is 83.1 Å². The van der Waals surface area contributed by atoms with Crippen LogP contribution in [0.15, 0.2) is 23.6 Å². The second-order valence-electron chi connectivity index (χ2n) is 3.65. The van der Waals surface area contributed by atoms with Crippen molar-refractivity contribution >= 4 is 5.90 Å². The van der Waals surface area contributed by atoms with Crippen molar-refractivity contribution < 1.29 is 4.74 Å². The number of ether oxygens (including phenoxy) is 1. The van der Waals surface area contributed by atoms with Gasteiger partial charge in [0.25, 0.3) is 0 Å². The third-order valence-corrected chi connectivity index (χ3v) is 2.23. The van der Waals surface area contributed by atoms with E-state index in [1.54, 1.807) is 18.6 Å². The van der Waals surface area contributed by atoms with Crippen LogP contribution in [-0.2, 0) is 4.74 Å². The molecule has 0 aliphatic carbocycles. The number of hydrogen-bond donors (Lipinski definition) is 0. The lowest BCUT2D eigenvalue weighted by molar-refractivity contribution is 0.291. The zero-order valence-electron chi connectivity index (χ0n) is 8.34. The van der Waals surface area contributed by atoms with Crippen LogP contribution in [0.5, 0.6) is 0 Å². The molecule has 0 bridgehead atoms. The lowest BCUT2D eigenvalue weighted by Gasteiger charge is -2.06. The van der Waals surface area contributed by atoms with Crippen LogP contribution < -0.4 is 0 Å². The molecule has 0 unspecified atom stereocenters. The largest absolute Gasteiger partial charge is 0.474 e. The molecule has 1 aromatic heterocycles. The molecule has 1 aliphatic rings. The third-order valence-electron chi connectivity index (χ3n) is 2.23. The third kappa shape index (κ3) is 1.73. The Kier molecular flexibility index (Phi) is 2.43. The first kappa shape index (κ1) is 9.12. The fourth-order valence-corrected chi connectivity index (χ4v) is 1.28. The zero-order chi connectivity index (χ0) is 9.97. The molecular weight excluding hydrogens is 178 g/mol. The number of aliphatic imine (C=N–C) groups is 1. The van der Waals surface area contributed by atoms with Gasteiger partial charge in [-0.15, -0.1) is 0 Å². The number of aromatic nitrogens is 2. The first-order valence-electron chi connectivity index (χ1n) is 4.74. The lowest BCUT2D eigenvalue weighted by atomic mass is 10.1. The van der Waals surface area contributed by atoms with Crippen molar-refractivity contribution in [3.63, 3.8) is 0 Å². The Morgan fingerprint density at radius 1 is 1.43 bits per heavy atom. The maximum absolute atomic E-state index is 5.46. The molecule has 14 heavy (non-hydrogen) atoms. The smallest absolute Gasteiger partial charge is 0.237 e. The summed E-state index contributed by atoms with van der Waals surface area (Å²) in [5.74, 6) is 1.13. The molecule has 1 atom stereocenters. The van der Waals surface area contributed by atoms with E-state index in [1.165, 1.54) is 0 Å². The van der Waals surface area contributed by atoms with E-state index in [9.17, 15) is 0 Å². The molecule has 74 valence electrons. The summed E-state index contributed by atoms with van der Waals surface area (Å²) in [6.45, 7) is 4.93. The molecule has 2 rings (SSSR count). The van der Waals surface area contributed by atoms with E-state index in [4.69, 9.17) is 4.74 Å². The molecule has 4 heteroatoms. The van der Waals surface area contributed by atoms with Crippen molar-refractivity contribution in [1.82, 2.24) is 9.97 Å². The van der Waals surface area contributed by atoms with E-state index < -0.39 is 0 Å². The van der Waals surface area contributed by atoms with Crippen LogP contribution in [0.1, 0.15) is 19.5 Å². The lowest BCUT2D eigenvalue weighted by Crippen LogP contribution is -2.13. The minimum absolute atomic E-state index is 0.256. The van der Waals surface area contributed by atoms with Crippen LogP contribution in [0.4, 0.5) is 0 Å². The van der Waals surface area contributed by atoms with E-state index in [2.05, 4.69) is 28.8 Å². The standard InChI is InChI=1S/C10H13N3O/c1-7(2)9-6-14-10(13-9)8-5-11-3-4-12-8/h3-5,7,9H,6H2,1-2H3/t9-/m1/s1. The molecular formula is C10H13N3O. The fourth-order valence-electron chi connectivity index (χ4n) is 1.28. The predicted octanol–water partition coefficient (Wildman–Crippen LogP) is 1.28. The molecule has 0 amide bonds. The molecule has 0 radical (unpaired) electrons. The Hall–Kier alpha value is -1.45. The van der Waals surface area contributed by atoms with Crippen LogP contribution in [0.3, 0.4) is 0 Å². The van der Waals surface area contributed by atoms with Gasteiger partial charge in [0.05, 0.1) is 12.2 Å². The van der Waals surface area contributed by atoms with Gasteiger partial charge < -0.3 is 4.74 Å². The molecule has 1 aliphatic heterocycles. The van der Waals surface area contributed by atoms with Crippen molar-refractivity contribution in [2.45, 2.75) is 19.9 Å². The summed E-state index contributed by atoms with van der Waals surface area (Å²) in [5.41, 5.74) is 0.718. The monoisotopic (exact) mass is 191 g/mol. The first-order valence-corrected chi connectivity index (χ1v) is 4.74. The van der Waals surface area contributed by atoms with Gasteiger partial charge in [-0.25, -0.2) is 9.98 Å². The first-order chi connectivity index (χ1) is 6.77. The maximum Gasteiger partial charge on any atom is 0.237 e. The van der Waals surface area contributed by atoms with Crippen LogP contribution in [0.25, 0.3) is 0 Å². The average Bonchev–Trinajstić information content (AvgIpc) is 2.68. The van der Waals surface area contributed by atoms with Crippen molar-refractivity contribution in [3.8, 4) is 0 Å². The Balaban J connectivity index is 2.18. The Morgan fingerprint density at radius 2 is 2.29 bits per heavy atom. The second kappa shape index (κ2) is 3.74. The molecule has 0 aromatic carbocycles. The SMILES string of the molecule is CC(C)[C@H]1COC(c2cnccn2)=N1. The summed E-state index contributed by atoms with van der Waals surface area (Å²) >= 11 is 0. The van der Waals surface area contributed by atoms with Crippen LogP contribution in [-0.4, -0.2) is 28.5 Å². The van der Waals surface area contributed by atoms with Crippen molar-refractivity contribution in [2.75, 3.05) is 6.61 Å². The number of hydrogen-bond acceptors (Lipinski definition) is 4. The molecule has 0 N–H and O–H groups in total. The molecule has 1 aromatic rings. The van der Waals surface area contributed by atoms with Gasteiger partial charge in [-0.2, -0.15) is 0 Å². The topological polar surface area (TPSA) is 47.4 Å². The minimum Gasteiger partial charge on any atom is -0.474 e. The van der Waals surface area contributed by atoms with E-state index in [0.717, 1.165) is 5.69 Å². The predicted molar refractivity (Wildman–Crippen MR) is 53.1 cm³/mol. The van der Waals surface area contributed by atoms with E-state index in [-0.39, 0.29) is 6.04 Å². The summed E-state index contributed by atoms with van der Waals surface area (Å²) in [6.07, 6.45) is 4.95. The van der Waals surface area contributed by atoms with Crippen LogP contribution in [0.2, 0.25) is 0 Å². The van der Waals surface area contributed by atoms with Gasteiger partial charge in [-0.3, -0.25) is 4.98 Å². The zero-order valence-corrected chi connectivity index (χ0v) is 8.34. The van der Waals surface area contributed by atoms with Crippen LogP contribution in [0, 0.1) is 5.92 Å². The fraction of sp³-hybridized carbons (Fsp3) is 0.500. The quantitative estimate of drug-likeness (QED) is 0.707. The van der Waals surface area contributed by atoms with E-state index >= 15 is 0 Å². The maximum atomic E-state index is 5.46. The van der Waals surface area contributed by atoms with Crippen molar-refractivity contribution in [3.05, 3.63) is 24.3 Å². The number of rotatable bonds is 2. The summed E-state index contributed by atoms with van der Waals surface area (Å²) in [4.78, 5) is 12.6. The van der Waals surface area contributed by atoms with Gasteiger partial charge >= 0.3 is 0 Å². The number of nitrogens with zero attached hydrogens (tertiary/aromatic N) is 3. The van der Waals surface area contributed by atoms with E-state index in [0.29, 0.717) is 18.4 Å². The highest BCUT2D eigenvalue weighted by Gasteiger charge is 2.23. The second-order valence-corrected chi connectivity index (χ2v) is 3.65. The van der Waals surface area contributed by atoms with Gasteiger partial charge in [0.1, 0.15) is 12.3 Å². The summed E-state index contributed by atoms with van der Waals surface area (Å²) < 4.78 is 5.46. The summed E-state index contributed by atoms with van der Waals surface area (Å²) in [6, 6.07) is 0.256. The van der Waals surface area contributed by atoms with Gasteiger partial charge in [-0.1, -0.05) is 13.8 Å². The van der Waals surface area contributed by atoms with Gasteiger partial charge in [0.2, 0.25) is 5.90 Å². The summed E-state index contributed by atoms with van der Waals surface area (Å²) in [5, 5.41) is 0. The Bertz CT molecular complexity index is 334. The Morgan fingerprint density at radius 3 is 2.86 bits per heavy atom. The van der Waals surface area contributed by atoms with Crippen molar-refractivity contribution in [2.24, 2.45) is 10.9 Å². The molecule has 0 spiro atoms. The van der Waals surface area contributed by atoms with Crippen LogP contribution >= 0.6 is 0 Å². The normalized spacial score (nSPS) is 20.8. The van der Waals surface area contributed by atoms with E-state index in [1.807, 2.05) is 0 Å². The average molecular weight is 191 g/mol. The highest BCUT2D eigenvalue weighted by atomic mass is 16.5. The molecule has 2 heterocycles. The molecule has 0 fully saturated rings. The minimum atomic E-state index is 0.256. The van der Waals surface area contributed by atoms with Gasteiger partial charge in [-0.05, 0) is 5.92 Å². The highest BCUT2D eigenvalue weighted by Crippen LogP contribution is 2.15. The highest BCUT2D eigenvalue weighted by molar-refractivity contribution is 5.92. The summed E-state index contributed by atoms with van der Waals surface area (Å²) in [7, 11) is 0.